The molecule has 0 saturated carbocycles. The lowest BCUT2D eigenvalue weighted by atomic mass is 9.84. The topological polar surface area (TPSA) is 47.3 Å². The van der Waals surface area contributed by atoms with Crippen LogP contribution in [0.2, 0.25) is 0 Å². The summed E-state index contributed by atoms with van der Waals surface area (Å²) >= 11 is 0. The van der Waals surface area contributed by atoms with Crippen molar-refractivity contribution in [3.8, 4) is 0 Å². The predicted molar refractivity (Wildman–Crippen MR) is 73.1 cm³/mol. The van der Waals surface area contributed by atoms with Crippen LogP contribution in [0, 0.1) is 11.3 Å². The van der Waals surface area contributed by atoms with Crippen LogP contribution in [-0.4, -0.2) is 32.3 Å². The van der Waals surface area contributed by atoms with Gasteiger partial charge < -0.3 is 15.8 Å². The van der Waals surface area contributed by atoms with Crippen LogP contribution < -0.4 is 11.1 Å². The van der Waals surface area contributed by atoms with E-state index in [0.29, 0.717) is 17.4 Å². The quantitative estimate of drug-likeness (QED) is 0.750. The van der Waals surface area contributed by atoms with Gasteiger partial charge in [-0.05, 0) is 50.1 Å². The van der Waals surface area contributed by atoms with Gasteiger partial charge in [0.2, 0.25) is 0 Å². The third-order valence-corrected chi connectivity index (χ3v) is 3.31. The minimum atomic E-state index is 0.368. The Morgan fingerprint density at radius 1 is 1.35 bits per heavy atom. The summed E-state index contributed by atoms with van der Waals surface area (Å²) in [6.07, 6.45) is 5.36. The molecule has 0 amide bonds. The number of rotatable bonds is 6. The van der Waals surface area contributed by atoms with E-state index in [9.17, 15) is 0 Å². The van der Waals surface area contributed by atoms with Gasteiger partial charge in [0.15, 0.2) is 0 Å². The van der Waals surface area contributed by atoms with Crippen LogP contribution in [-0.2, 0) is 4.74 Å². The molecular weight excluding hydrogens is 212 g/mol. The van der Waals surface area contributed by atoms with E-state index in [4.69, 9.17) is 10.5 Å². The van der Waals surface area contributed by atoms with Crippen molar-refractivity contribution in [2.45, 2.75) is 52.6 Å². The Morgan fingerprint density at radius 3 is 2.65 bits per heavy atom. The van der Waals surface area contributed by atoms with Crippen molar-refractivity contribution in [3.63, 3.8) is 0 Å². The first-order valence-corrected chi connectivity index (χ1v) is 7.03. The third-order valence-electron chi connectivity index (χ3n) is 3.31. The lowest BCUT2D eigenvalue weighted by Crippen LogP contribution is -2.37. The molecule has 1 aliphatic rings. The maximum atomic E-state index is 5.83. The normalized spacial score (nSPS) is 23.6. The molecule has 0 aliphatic carbocycles. The predicted octanol–water partition coefficient (Wildman–Crippen LogP) is 2.16. The molecule has 17 heavy (non-hydrogen) atoms. The van der Waals surface area contributed by atoms with Crippen molar-refractivity contribution in [3.05, 3.63) is 0 Å². The van der Waals surface area contributed by atoms with E-state index < -0.39 is 0 Å². The summed E-state index contributed by atoms with van der Waals surface area (Å²) in [5.74, 6) is 0.582. The first-order chi connectivity index (χ1) is 8.01. The van der Waals surface area contributed by atoms with E-state index in [-0.39, 0.29) is 0 Å². The van der Waals surface area contributed by atoms with Crippen molar-refractivity contribution in [1.29, 1.82) is 0 Å². The first-order valence-electron chi connectivity index (χ1n) is 7.03. The molecule has 0 bridgehead atoms. The van der Waals surface area contributed by atoms with Crippen LogP contribution in [0.1, 0.15) is 46.5 Å². The van der Waals surface area contributed by atoms with E-state index >= 15 is 0 Å². The van der Waals surface area contributed by atoms with Gasteiger partial charge in [-0.2, -0.15) is 0 Å². The van der Waals surface area contributed by atoms with Gasteiger partial charge in [-0.15, -0.1) is 0 Å². The van der Waals surface area contributed by atoms with Gasteiger partial charge in [0.25, 0.3) is 0 Å². The summed E-state index contributed by atoms with van der Waals surface area (Å²) in [5, 5.41) is 3.52. The van der Waals surface area contributed by atoms with Crippen molar-refractivity contribution in [2.24, 2.45) is 17.1 Å². The van der Waals surface area contributed by atoms with Crippen LogP contribution in [0.3, 0.4) is 0 Å². The largest absolute Gasteiger partial charge is 0.377 e. The van der Waals surface area contributed by atoms with Crippen molar-refractivity contribution in [2.75, 3.05) is 26.2 Å². The molecule has 1 saturated heterocycles. The molecule has 1 rings (SSSR count). The Labute approximate surface area is 106 Å². The molecule has 1 heterocycles. The second-order valence-electron chi connectivity index (χ2n) is 6.51. The number of ether oxygens (including phenoxy) is 1. The Balaban J connectivity index is 2.14. The number of hydrogen-bond acceptors (Lipinski definition) is 3. The highest BCUT2D eigenvalue weighted by atomic mass is 16.5. The smallest absolute Gasteiger partial charge is 0.0699 e. The minimum absolute atomic E-state index is 0.368. The SMILES string of the molecule is CC(C)(C)CC(CN)CNCC1CCCCO1. The zero-order valence-electron chi connectivity index (χ0n) is 11.8. The maximum absolute atomic E-state index is 5.83. The summed E-state index contributed by atoms with van der Waals surface area (Å²) in [7, 11) is 0. The zero-order chi connectivity index (χ0) is 12.7. The molecule has 3 nitrogen and oxygen atoms in total. The Bertz CT molecular complexity index is 195. The molecule has 1 fully saturated rings. The summed E-state index contributed by atoms with van der Waals surface area (Å²) in [6, 6.07) is 0. The first kappa shape index (κ1) is 14.9. The number of nitrogens with one attached hydrogen (secondary N) is 1. The van der Waals surface area contributed by atoms with E-state index in [0.717, 1.165) is 26.2 Å². The standard InChI is InChI=1S/C14H30N2O/c1-14(2,3)8-12(9-15)10-16-11-13-6-4-5-7-17-13/h12-13,16H,4-11,15H2,1-3H3. The molecule has 0 radical (unpaired) electrons. The fraction of sp³-hybridized carbons (Fsp3) is 1.00. The molecule has 3 heteroatoms. The summed E-state index contributed by atoms with van der Waals surface area (Å²) in [6.45, 7) is 10.6. The van der Waals surface area contributed by atoms with E-state index in [2.05, 4.69) is 26.1 Å². The second-order valence-corrected chi connectivity index (χ2v) is 6.51. The molecule has 3 N–H and O–H groups in total. The van der Waals surface area contributed by atoms with Crippen LogP contribution in [0.4, 0.5) is 0 Å². The van der Waals surface area contributed by atoms with Gasteiger partial charge in [0.05, 0.1) is 6.10 Å². The molecular formula is C14H30N2O. The summed E-state index contributed by atoms with van der Waals surface area (Å²) in [4.78, 5) is 0. The van der Waals surface area contributed by atoms with E-state index in [1.165, 1.54) is 25.7 Å². The van der Waals surface area contributed by atoms with Gasteiger partial charge in [-0.25, -0.2) is 0 Å². The Hall–Kier alpha value is -0.120. The Morgan fingerprint density at radius 2 is 2.12 bits per heavy atom. The average molecular weight is 242 g/mol. The maximum Gasteiger partial charge on any atom is 0.0699 e. The molecule has 0 aromatic heterocycles. The van der Waals surface area contributed by atoms with Gasteiger partial charge >= 0.3 is 0 Å². The van der Waals surface area contributed by atoms with E-state index in [1.54, 1.807) is 0 Å². The average Bonchev–Trinajstić information content (AvgIpc) is 2.27. The summed E-state index contributed by atoms with van der Waals surface area (Å²) < 4.78 is 5.70. The second kappa shape index (κ2) is 7.34. The molecule has 2 atom stereocenters. The molecule has 102 valence electrons. The van der Waals surface area contributed by atoms with Crippen LogP contribution in [0.25, 0.3) is 0 Å². The fourth-order valence-corrected chi connectivity index (χ4v) is 2.52. The monoisotopic (exact) mass is 242 g/mol. The molecule has 1 aliphatic heterocycles. The molecule has 2 unspecified atom stereocenters. The van der Waals surface area contributed by atoms with E-state index in [1.807, 2.05) is 0 Å². The molecule has 0 spiro atoms. The van der Waals surface area contributed by atoms with Crippen LogP contribution >= 0.6 is 0 Å². The van der Waals surface area contributed by atoms with Gasteiger partial charge in [0, 0.05) is 13.2 Å². The Kier molecular flexibility index (Phi) is 6.45. The van der Waals surface area contributed by atoms with Gasteiger partial charge in [-0.1, -0.05) is 20.8 Å². The highest BCUT2D eigenvalue weighted by molar-refractivity contribution is 4.73. The van der Waals surface area contributed by atoms with Gasteiger partial charge in [-0.3, -0.25) is 0 Å². The van der Waals surface area contributed by atoms with Crippen LogP contribution in [0.15, 0.2) is 0 Å². The third kappa shape index (κ3) is 7.02. The van der Waals surface area contributed by atoms with Crippen molar-refractivity contribution >= 4 is 0 Å². The van der Waals surface area contributed by atoms with Crippen molar-refractivity contribution in [1.82, 2.24) is 5.32 Å². The lowest BCUT2D eigenvalue weighted by Gasteiger charge is -2.27. The van der Waals surface area contributed by atoms with Gasteiger partial charge in [0.1, 0.15) is 0 Å². The fourth-order valence-electron chi connectivity index (χ4n) is 2.52. The molecule has 0 aromatic rings. The number of hydrogen-bond donors (Lipinski definition) is 2. The zero-order valence-corrected chi connectivity index (χ0v) is 11.8. The highest BCUT2D eigenvalue weighted by Gasteiger charge is 2.18. The number of nitrogens with two attached hydrogens (primary N) is 1. The minimum Gasteiger partial charge on any atom is -0.377 e. The highest BCUT2D eigenvalue weighted by Crippen LogP contribution is 2.23. The van der Waals surface area contributed by atoms with Crippen molar-refractivity contribution < 1.29 is 4.74 Å². The van der Waals surface area contributed by atoms with Crippen LogP contribution in [0.5, 0.6) is 0 Å². The molecule has 0 aromatic carbocycles. The summed E-state index contributed by atoms with van der Waals surface area (Å²) in [5.41, 5.74) is 6.20. The lowest BCUT2D eigenvalue weighted by molar-refractivity contribution is 0.0163.